The molecule has 0 saturated heterocycles. The molecule has 24 heavy (non-hydrogen) atoms. The molecule has 6 nitrogen and oxygen atoms in total. The summed E-state index contributed by atoms with van der Waals surface area (Å²) in [4.78, 5) is 16.4. The fraction of sp³-hybridized carbons (Fsp3) is 0.176. The van der Waals surface area contributed by atoms with Crippen LogP contribution in [0, 0.1) is 5.82 Å². The smallest absolute Gasteiger partial charge is 0.252 e. The average Bonchev–Trinajstić information content (AvgIpc) is 3.15. The van der Waals surface area contributed by atoms with Gasteiger partial charge in [0.1, 0.15) is 5.82 Å². The van der Waals surface area contributed by atoms with Gasteiger partial charge >= 0.3 is 0 Å². The summed E-state index contributed by atoms with van der Waals surface area (Å²) in [7, 11) is 0. The van der Waals surface area contributed by atoms with Crippen LogP contribution in [0.25, 0.3) is 5.69 Å². The number of amides is 1. The van der Waals surface area contributed by atoms with Gasteiger partial charge in [0.05, 0.1) is 29.8 Å². The molecule has 7 heteroatoms. The van der Waals surface area contributed by atoms with Crippen LogP contribution in [0.15, 0.2) is 55.1 Å². The molecule has 0 saturated carbocycles. The lowest BCUT2D eigenvalue weighted by atomic mass is 10.0. The molecule has 0 aliphatic rings. The lowest BCUT2D eigenvalue weighted by Crippen LogP contribution is -2.27. The van der Waals surface area contributed by atoms with E-state index in [1.54, 1.807) is 36.8 Å². The van der Waals surface area contributed by atoms with Crippen LogP contribution in [0.2, 0.25) is 0 Å². The van der Waals surface area contributed by atoms with Gasteiger partial charge in [0.2, 0.25) is 0 Å². The molecule has 0 unspecified atom stereocenters. The van der Waals surface area contributed by atoms with Crippen molar-refractivity contribution in [1.29, 1.82) is 0 Å². The van der Waals surface area contributed by atoms with Crippen LogP contribution in [0.5, 0.6) is 0 Å². The van der Waals surface area contributed by atoms with Crippen molar-refractivity contribution in [2.24, 2.45) is 0 Å². The van der Waals surface area contributed by atoms with E-state index in [0.717, 1.165) is 5.56 Å². The molecular formula is C17H16FN5O. The van der Waals surface area contributed by atoms with Crippen LogP contribution in [0.4, 0.5) is 4.39 Å². The number of pyridine rings is 1. The predicted molar refractivity (Wildman–Crippen MR) is 86.3 cm³/mol. The van der Waals surface area contributed by atoms with Crippen molar-refractivity contribution in [3.05, 3.63) is 72.1 Å². The van der Waals surface area contributed by atoms with Crippen molar-refractivity contribution >= 4 is 5.91 Å². The van der Waals surface area contributed by atoms with Crippen molar-refractivity contribution in [3.63, 3.8) is 0 Å². The van der Waals surface area contributed by atoms with Crippen molar-refractivity contribution in [2.45, 2.75) is 12.8 Å². The highest BCUT2D eigenvalue weighted by atomic mass is 19.1. The van der Waals surface area contributed by atoms with Gasteiger partial charge in [-0.3, -0.25) is 9.78 Å². The van der Waals surface area contributed by atoms with Crippen LogP contribution < -0.4 is 5.32 Å². The third-order valence-electron chi connectivity index (χ3n) is 3.68. The van der Waals surface area contributed by atoms with E-state index in [0.29, 0.717) is 17.8 Å². The van der Waals surface area contributed by atoms with E-state index in [9.17, 15) is 9.18 Å². The van der Waals surface area contributed by atoms with Gasteiger partial charge < -0.3 is 5.32 Å². The summed E-state index contributed by atoms with van der Waals surface area (Å²) >= 11 is 0. The van der Waals surface area contributed by atoms with Crippen molar-refractivity contribution in [3.8, 4) is 5.69 Å². The summed E-state index contributed by atoms with van der Waals surface area (Å²) < 4.78 is 14.5. The number of benzene rings is 1. The van der Waals surface area contributed by atoms with E-state index in [4.69, 9.17) is 0 Å². The van der Waals surface area contributed by atoms with Gasteiger partial charge in [0.15, 0.2) is 0 Å². The Balaban J connectivity index is 1.65. The highest BCUT2D eigenvalue weighted by Gasteiger charge is 2.11. The molecule has 0 fully saturated rings. The Bertz CT molecular complexity index is 817. The first kappa shape index (κ1) is 15.8. The van der Waals surface area contributed by atoms with Crippen molar-refractivity contribution in [2.75, 3.05) is 6.54 Å². The molecule has 2 aromatic heterocycles. The second-order valence-corrected chi connectivity index (χ2v) is 5.44. The van der Waals surface area contributed by atoms with Gasteiger partial charge in [-0.2, -0.15) is 0 Å². The number of rotatable bonds is 5. The summed E-state index contributed by atoms with van der Waals surface area (Å²) in [6.45, 7) is 2.41. The first-order valence-electron chi connectivity index (χ1n) is 7.49. The zero-order valence-electron chi connectivity index (χ0n) is 13.1. The Morgan fingerprint density at radius 2 is 2.08 bits per heavy atom. The number of hydrogen-bond acceptors (Lipinski definition) is 4. The molecule has 1 atom stereocenters. The number of carbonyl (C=O) groups excluding carboxylic acids is 1. The molecule has 1 amide bonds. The number of nitrogens with one attached hydrogen (secondary N) is 1. The summed E-state index contributed by atoms with van der Waals surface area (Å²) in [5, 5.41) is 10.5. The van der Waals surface area contributed by atoms with E-state index in [-0.39, 0.29) is 17.6 Å². The zero-order valence-corrected chi connectivity index (χ0v) is 13.1. The first-order chi connectivity index (χ1) is 11.6. The van der Waals surface area contributed by atoms with Gasteiger partial charge in [0.25, 0.3) is 5.91 Å². The number of carbonyl (C=O) groups is 1. The molecule has 3 rings (SSSR count). The Labute approximate surface area is 138 Å². The maximum atomic E-state index is 13.0. The molecule has 1 N–H and O–H groups in total. The molecule has 0 spiro atoms. The van der Waals surface area contributed by atoms with E-state index in [2.05, 4.69) is 20.6 Å². The Kier molecular flexibility index (Phi) is 4.60. The molecule has 2 heterocycles. The fourth-order valence-corrected chi connectivity index (χ4v) is 2.28. The molecule has 3 aromatic rings. The number of hydrogen-bond donors (Lipinski definition) is 1. The first-order valence-corrected chi connectivity index (χ1v) is 7.49. The number of halogens is 1. The van der Waals surface area contributed by atoms with Gasteiger partial charge in [0, 0.05) is 12.7 Å². The van der Waals surface area contributed by atoms with Gasteiger partial charge in [-0.15, -0.1) is 5.10 Å². The molecule has 0 aliphatic heterocycles. The van der Waals surface area contributed by atoms with Gasteiger partial charge in [-0.1, -0.05) is 24.3 Å². The van der Waals surface area contributed by atoms with Crippen LogP contribution in [-0.4, -0.2) is 32.4 Å². The SMILES string of the molecule is C[C@H](CNC(=O)c1cncc(-n2ccnn2)c1)c1ccc(F)cc1. The zero-order chi connectivity index (χ0) is 16.9. The highest BCUT2D eigenvalue weighted by Crippen LogP contribution is 2.15. The lowest BCUT2D eigenvalue weighted by molar-refractivity contribution is 0.0951. The maximum absolute atomic E-state index is 13.0. The van der Waals surface area contributed by atoms with Gasteiger partial charge in [-0.05, 0) is 29.7 Å². The second kappa shape index (κ2) is 6.99. The highest BCUT2D eigenvalue weighted by molar-refractivity contribution is 5.94. The number of nitrogens with zero attached hydrogens (tertiary/aromatic N) is 4. The summed E-state index contributed by atoms with van der Waals surface area (Å²) in [6, 6.07) is 7.97. The van der Waals surface area contributed by atoms with E-state index in [1.165, 1.54) is 23.0 Å². The molecule has 0 aliphatic carbocycles. The summed E-state index contributed by atoms with van der Waals surface area (Å²) in [5.74, 6) is -0.426. The standard InChI is InChI=1S/C17H16FN5O/c1-12(13-2-4-15(18)5-3-13)9-20-17(24)14-8-16(11-19-10-14)23-7-6-21-22-23/h2-8,10-12H,9H2,1H3,(H,20,24)/t12-/m1/s1. The molecule has 0 bridgehead atoms. The van der Waals surface area contributed by atoms with Crippen molar-refractivity contribution in [1.82, 2.24) is 25.3 Å². The maximum Gasteiger partial charge on any atom is 0.252 e. The largest absolute Gasteiger partial charge is 0.351 e. The Morgan fingerprint density at radius 3 is 2.79 bits per heavy atom. The minimum Gasteiger partial charge on any atom is -0.351 e. The lowest BCUT2D eigenvalue weighted by Gasteiger charge is -2.13. The van der Waals surface area contributed by atoms with E-state index >= 15 is 0 Å². The monoisotopic (exact) mass is 325 g/mol. The Hall–Kier alpha value is -3.09. The van der Waals surface area contributed by atoms with Crippen molar-refractivity contribution < 1.29 is 9.18 Å². The minimum atomic E-state index is -0.272. The third kappa shape index (κ3) is 3.62. The number of aromatic nitrogens is 4. The second-order valence-electron chi connectivity index (χ2n) is 5.44. The quantitative estimate of drug-likeness (QED) is 0.781. The normalized spacial score (nSPS) is 11.9. The molecular weight excluding hydrogens is 309 g/mol. The van der Waals surface area contributed by atoms with E-state index in [1.807, 2.05) is 6.92 Å². The van der Waals surface area contributed by atoms with E-state index < -0.39 is 0 Å². The topological polar surface area (TPSA) is 72.7 Å². The van der Waals surface area contributed by atoms with Gasteiger partial charge in [-0.25, -0.2) is 9.07 Å². The van der Waals surface area contributed by atoms with Crippen LogP contribution in [0.3, 0.4) is 0 Å². The predicted octanol–water partition coefficient (Wildman–Crippen LogP) is 2.33. The molecule has 0 radical (unpaired) electrons. The molecule has 122 valence electrons. The average molecular weight is 325 g/mol. The van der Waals surface area contributed by atoms with Crippen LogP contribution >= 0.6 is 0 Å². The minimum absolute atomic E-state index is 0.0704. The van der Waals surface area contributed by atoms with Crippen LogP contribution in [-0.2, 0) is 0 Å². The Morgan fingerprint density at radius 1 is 1.29 bits per heavy atom. The third-order valence-corrected chi connectivity index (χ3v) is 3.68. The van der Waals surface area contributed by atoms with Crippen LogP contribution in [0.1, 0.15) is 28.8 Å². The summed E-state index contributed by atoms with van der Waals surface area (Å²) in [6.07, 6.45) is 6.33. The molecule has 1 aromatic carbocycles. The summed E-state index contributed by atoms with van der Waals surface area (Å²) in [5.41, 5.74) is 2.06. The fourth-order valence-electron chi connectivity index (χ4n) is 2.28.